The molecular weight excluding hydrogens is 380 g/mol. The molecule has 2 aromatic rings. The van der Waals surface area contributed by atoms with Crippen LogP contribution in [0.3, 0.4) is 0 Å². The highest BCUT2D eigenvalue weighted by Crippen LogP contribution is 2.30. The molecule has 28 heavy (non-hydrogen) atoms. The molecule has 8 heteroatoms. The van der Waals surface area contributed by atoms with E-state index in [0.717, 1.165) is 24.7 Å². The third-order valence-electron chi connectivity index (χ3n) is 4.97. The van der Waals surface area contributed by atoms with Crippen molar-refractivity contribution in [3.05, 3.63) is 58.1 Å². The SMILES string of the molecule is CCN(c1ccc(OC2CCCC2)cc1)S(=O)(=O)c1cc([N+](=O)[O-])ccc1C. The van der Waals surface area contributed by atoms with Crippen LogP contribution in [-0.2, 0) is 10.0 Å². The number of non-ortho nitro benzene ring substituents is 1. The Hall–Kier alpha value is -2.61. The van der Waals surface area contributed by atoms with Gasteiger partial charge < -0.3 is 4.74 Å². The molecule has 1 fully saturated rings. The molecule has 7 nitrogen and oxygen atoms in total. The van der Waals surface area contributed by atoms with Gasteiger partial charge in [0.25, 0.3) is 15.7 Å². The fourth-order valence-corrected chi connectivity index (χ4v) is 5.20. The van der Waals surface area contributed by atoms with Crippen LogP contribution >= 0.6 is 0 Å². The van der Waals surface area contributed by atoms with Crippen LogP contribution in [0.4, 0.5) is 11.4 Å². The molecule has 0 saturated heterocycles. The van der Waals surface area contributed by atoms with Crippen molar-refractivity contribution in [2.75, 3.05) is 10.8 Å². The van der Waals surface area contributed by atoms with Gasteiger partial charge in [-0.2, -0.15) is 0 Å². The lowest BCUT2D eigenvalue weighted by Crippen LogP contribution is -2.31. The van der Waals surface area contributed by atoms with Gasteiger partial charge in [-0.25, -0.2) is 8.42 Å². The van der Waals surface area contributed by atoms with E-state index < -0.39 is 14.9 Å². The van der Waals surface area contributed by atoms with Crippen LogP contribution < -0.4 is 9.04 Å². The summed E-state index contributed by atoms with van der Waals surface area (Å²) in [5.41, 5.74) is 0.706. The van der Waals surface area contributed by atoms with E-state index in [-0.39, 0.29) is 23.2 Å². The number of ether oxygens (including phenoxy) is 1. The summed E-state index contributed by atoms with van der Waals surface area (Å²) in [4.78, 5) is 10.4. The second-order valence-corrected chi connectivity index (χ2v) is 8.73. The number of hydrogen-bond acceptors (Lipinski definition) is 5. The summed E-state index contributed by atoms with van der Waals surface area (Å²) < 4.78 is 33.6. The minimum absolute atomic E-state index is 0.0603. The number of hydrogen-bond donors (Lipinski definition) is 0. The second-order valence-electron chi connectivity index (χ2n) is 6.89. The largest absolute Gasteiger partial charge is 0.490 e. The van der Waals surface area contributed by atoms with Gasteiger partial charge in [-0.05, 0) is 69.4 Å². The van der Waals surface area contributed by atoms with E-state index in [2.05, 4.69) is 0 Å². The molecule has 1 aliphatic rings. The Balaban J connectivity index is 1.89. The molecule has 150 valence electrons. The molecule has 0 unspecified atom stereocenters. The molecule has 0 aromatic heterocycles. The molecule has 0 spiro atoms. The number of rotatable bonds is 7. The summed E-state index contributed by atoms with van der Waals surface area (Å²) in [5, 5.41) is 11.1. The van der Waals surface area contributed by atoms with Gasteiger partial charge in [0.1, 0.15) is 5.75 Å². The maximum Gasteiger partial charge on any atom is 0.270 e. The molecule has 0 heterocycles. The molecule has 3 rings (SSSR count). The van der Waals surface area contributed by atoms with Gasteiger partial charge in [0.05, 0.1) is 21.6 Å². The van der Waals surface area contributed by atoms with Crippen molar-refractivity contribution < 1.29 is 18.1 Å². The van der Waals surface area contributed by atoms with E-state index in [1.165, 1.54) is 29.3 Å². The third kappa shape index (κ3) is 4.11. The Morgan fingerprint density at radius 2 is 1.79 bits per heavy atom. The first-order valence-electron chi connectivity index (χ1n) is 9.37. The monoisotopic (exact) mass is 404 g/mol. The molecular formula is C20H24N2O5S. The summed E-state index contributed by atoms with van der Waals surface area (Å²) in [6, 6.07) is 10.8. The van der Waals surface area contributed by atoms with Crippen molar-refractivity contribution in [3.8, 4) is 5.75 Å². The van der Waals surface area contributed by atoms with E-state index >= 15 is 0 Å². The fourth-order valence-electron chi connectivity index (χ4n) is 3.48. The average Bonchev–Trinajstić information content (AvgIpc) is 3.16. The quantitative estimate of drug-likeness (QED) is 0.503. The van der Waals surface area contributed by atoms with Crippen LogP contribution in [0.25, 0.3) is 0 Å². The molecule has 0 atom stereocenters. The lowest BCUT2D eigenvalue weighted by molar-refractivity contribution is -0.385. The Kier molecular flexibility index (Phi) is 5.88. The fraction of sp³-hybridized carbons (Fsp3) is 0.400. The van der Waals surface area contributed by atoms with Gasteiger partial charge >= 0.3 is 0 Å². The molecule has 0 N–H and O–H groups in total. The van der Waals surface area contributed by atoms with E-state index in [4.69, 9.17) is 4.74 Å². The Labute approximate surface area is 165 Å². The number of nitrogens with zero attached hydrogens (tertiary/aromatic N) is 2. The standard InChI is InChI=1S/C20H24N2O5S/c1-3-21(16-10-12-19(13-11-16)27-18-6-4-5-7-18)28(25,26)20-14-17(22(23)24)9-8-15(20)2/h8-14,18H,3-7H2,1-2H3. The second kappa shape index (κ2) is 8.18. The van der Waals surface area contributed by atoms with Crippen molar-refractivity contribution in [2.45, 2.75) is 50.5 Å². The molecule has 1 aliphatic carbocycles. The van der Waals surface area contributed by atoms with Gasteiger partial charge in [-0.3, -0.25) is 14.4 Å². The van der Waals surface area contributed by atoms with Crippen LogP contribution in [0.1, 0.15) is 38.2 Å². The molecule has 1 saturated carbocycles. The van der Waals surface area contributed by atoms with Crippen molar-refractivity contribution in [2.24, 2.45) is 0 Å². The maximum atomic E-state index is 13.2. The highest BCUT2D eigenvalue weighted by molar-refractivity contribution is 7.92. The Bertz CT molecular complexity index is 951. The third-order valence-corrected chi connectivity index (χ3v) is 7.01. The maximum absolute atomic E-state index is 13.2. The smallest absolute Gasteiger partial charge is 0.270 e. The Morgan fingerprint density at radius 3 is 2.36 bits per heavy atom. The highest BCUT2D eigenvalue weighted by atomic mass is 32.2. The zero-order chi connectivity index (χ0) is 20.3. The van der Waals surface area contributed by atoms with Crippen LogP contribution in [0, 0.1) is 17.0 Å². The van der Waals surface area contributed by atoms with Crippen molar-refractivity contribution in [3.63, 3.8) is 0 Å². The van der Waals surface area contributed by atoms with Gasteiger partial charge in [0.2, 0.25) is 0 Å². The van der Waals surface area contributed by atoms with Crippen LogP contribution in [-0.4, -0.2) is 26.0 Å². The van der Waals surface area contributed by atoms with Crippen LogP contribution in [0.5, 0.6) is 5.75 Å². The minimum Gasteiger partial charge on any atom is -0.490 e. The number of anilines is 1. The van der Waals surface area contributed by atoms with E-state index in [9.17, 15) is 18.5 Å². The van der Waals surface area contributed by atoms with Gasteiger partial charge in [-0.1, -0.05) is 6.07 Å². The first-order chi connectivity index (χ1) is 13.3. The summed E-state index contributed by atoms with van der Waals surface area (Å²) in [7, 11) is -3.94. The zero-order valence-corrected chi connectivity index (χ0v) is 16.8. The topological polar surface area (TPSA) is 89.8 Å². The molecule has 0 amide bonds. The van der Waals surface area contributed by atoms with Crippen molar-refractivity contribution in [1.29, 1.82) is 0 Å². The van der Waals surface area contributed by atoms with E-state index in [1.807, 2.05) is 0 Å². The number of benzene rings is 2. The minimum atomic E-state index is -3.94. The van der Waals surface area contributed by atoms with Crippen molar-refractivity contribution in [1.82, 2.24) is 0 Å². The summed E-state index contributed by atoms with van der Waals surface area (Å²) in [5.74, 6) is 0.718. The average molecular weight is 404 g/mol. The normalized spacial score (nSPS) is 14.8. The van der Waals surface area contributed by atoms with Crippen LogP contribution in [0.15, 0.2) is 47.4 Å². The Morgan fingerprint density at radius 1 is 1.14 bits per heavy atom. The van der Waals surface area contributed by atoms with Gasteiger partial charge in [0.15, 0.2) is 0 Å². The van der Waals surface area contributed by atoms with Gasteiger partial charge in [-0.15, -0.1) is 0 Å². The predicted octanol–water partition coefficient (Wildman–Crippen LogP) is 4.44. The van der Waals surface area contributed by atoms with E-state index in [1.54, 1.807) is 38.1 Å². The lowest BCUT2D eigenvalue weighted by Gasteiger charge is -2.24. The first-order valence-corrected chi connectivity index (χ1v) is 10.8. The number of nitro benzene ring substituents is 1. The summed E-state index contributed by atoms with van der Waals surface area (Å²) >= 11 is 0. The molecule has 0 radical (unpaired) electrons. The molecule has 2 aromatic carbocycles. The number of nitro groups is 1. The van der Waals surface area contributed by atoms with Crippen LogP contribution in [0.2, 0.25) is 0 Å². The molecule has 0 bridgehead atoms. The summed E-state index contributed by atoms with van der Waals surface area (Å²) in [6.45, 7) is 3.56. The van der Waals surface area contributed by atoms with Crippen molar-refractivity contribution >= 4 is 21.4 Å². The van der Waals surface area contributed by atoms with Gasteiger partial charge in [0, 0.05) is 18.7 Å². The first kappa shape index (κ1) is 20.1. The zero-order valence-electron chi connectivity index (χ0n) is 16.0. The number of sulfonamides is 1. The highest BCUT2D eigenvalue weighted by Gasteiger charge is 2.27. The lowest BCUT2D eigenvalue weighted by atomic mass is 10.2. The number of aryl methyl sites for hydroxylation is 1. The predicted molar refractivity (Wildman–Crippen MR) is 107 cm³/mol. The van der Waals surface area contributed by atoms with E-state index in [0.29, 0.717) is 11.3 Å². The summed E-state index contributed by atoms with van der Waals surface area (Å²) in [6.07, 6.45) is 4.66. The molecule has 0 aliphatic heterocycles.